The van der Waals surface area contributed by atoms with E-state index in [1.54, 1.807) is 4.90 Å². The number of aromatic nitrogens is 2. The van der Waals surface area contributed by atoms with Gasteiger partial charge in [-0.1, -0.05) is 22.6 Å². The molecule has 0 unspecified atom stereocenters. The van der Waals surface area contributed by atoms with Crippen LogP contribution in [0.1, 0.15) is 38.6 Å². The summed E-state index contributed by atoms with van der Waals surface area (Å²) in [6, 6.07) is 4.73. The van der Waals surface area contributed by atoms with Crippen LogP contribution in [0.5, 0.6) is 0 Å². The van der Waals surface area contributed by atoms with Crippen LogP contribution >= 0.6 is 11.3 Å². The monoisotopic (exact) mass is 433 g/mol. The summed E-state index contributed by atoms with van der Waals surface area (Å²) < 4.78 is 32.7. The molecule has 0 radical (unpaired) electrons. The second-order valence-corrected chi connectivity index (χ2v) is 7.75. The molecule has 4 rings (SSSR count). The van der Waals surface area contributed by atoms with E-state index in [1.165, 1.54) is 18.3 Å². The lowest BCUT2D eigenvalue weighted by Gasteiger charge is -2.31. The third-order valence-electron chi connectivity index (χ3n) is 4.81. The first kappa shape index (κ1) is 20.0. The molecule has 0 atom stereocenters. The highest BCUT2D eigenvalue weighted by Gasteiger charge is 2.28. The summed E-state index contributed by atoms with van der Waals surface area (Å²) in [4.78, 5) is 30.6. The molecule has 156 valence electrons. The second kappa shape index (κ2) is 8.19. The minimum Gasteiger partial charge on any atom is -0.382 e. The van der Waals surface area contributed by atoms with E-state index in [1.807, 2.05) is 0 Å². The van der Waals surface area contributed by atoms with Gasteiger partial charge in [0.1, 0.15) is 22.3 Å². The van der Waals surface area contributed by atoms with Crippen LogP contribution in [0.15, 0.2) is 35.0 Å². The van der Waals surface area contributed by atoms with Gasteiger partial charge >= 0.3 is 0 Å². The molecule has 0 saturated carbocycles. The Labute approximate surface area is 173 Å². The molecule has 0 spiro atoms. The van der Waals surface area contributed by atoms with Gasteiger partial charge in [-0.3, -0.25) is 9.59 Å². The third kappa shape index (κ3) is 3.88. The van der Waals surface area contributed by atoms with Crippen molar-refractivity contribution < 1.29 is 22.9 Å². The number of piperidine rings is 1. The van der Waals surface area contributed by atoms with Gasteiger partial charge in [-0.25, -0.2) is 13.8 Å². The van der Waals surface area contributed by atoms with Crippen molar-refractivity contribution in [2.45, 2.75) is 18.9 Å². The smallest absolute Gasteiger partial charge is 0.292 e. The largest absolute Gasteiger partial charge is 0.382 e. The number of hydrogen-bond donors (Lipinski definition) is 2. The maximum absolute atomic E-state index is 13.9. The highest BCUT2D eigenvalue weighted by atomic mass is 32.1. The number of ketones is 1. The van der Waals surface area contributed by atoms with E-state index in [-0.39, 0.29) is 28.4 Å². The Hall–Kier alpha value is -3.34. The lowest BCUT2D eigenvalue weighted by molar-refractivity contribution is 0.0676. The highest BCUT2D eigenvalue weighted by molar-refractivity contribution is 7.18. The van der Waals surface area contributed by atoms with Crippen LogP contribution in [0.25, 0.3) is 0 Å². The molecule has 30 heavy (non-hydrogen) atoms. The number of carbonyl (C=O) groups excluding carboxylic acids is 2. The van der Waals surface area contributed by atoms with E-state index in [0.29, 0.717) is 31.1 Å². The zero-order valence-electron chi connectivity index (χ0n) is 15.6. The SMILES string of the molecule is Nc1nc(NC2CCN(C(=O)c3ccno3)CC2)sc1C(=O)c1c(F)cccc1F. The zero-order chi connectivity index (χ0) is 21.3. The first-order valence-electron chi connectivity index (χ1n) is 9.15. The van der Waals surface area contributed by atoms with E-state index in [4.69, 9.17) is 10.3 Å². The molecule has 1 aliphatic rings. The van der Waals surface area contributed by atoms with Crippen LogP contribution in [0.2, 0.25) is 0 Å². The number of nitrogen functional groups attached to an aromatic ring is 1. The molecule has 0 aliphatic carbocycles. The number of halogens is 2. The van der Waals surface area contributed by atoms with Gasteiger partial charge in [0.15, 0.2) is 5.13 Å². The van der Waals surface area contributed by atoms with Crippen molar-refractivity contribution >= 4 is 34.0 Å². The number of likely N-dealkylation sites (tertiary alicyclic amines) is 1. The van der Waals surface area contributed by atoms with Crippen molar-refractivity contribution in [3.8, 4) is 0 Å². The molecule has 3 heterocycles. The number of nitrogens with two attached hydrogens (primary N) is 1. The van der Waals surface area contributed by atoms with E-state index in [9.17, 15) is 18.4 Å². The Bertz CT molecular complexity index is 1060. The summed E-state index contributed by atoms with van der Waals surface area (Å²) in [7, 11) is 0. The number of rotatable bonds is 5. The molecule has 2 aromatic heterocycles. The minimum absolute atomic E-state index is 0.00229. The van der Waals surface area contributed by atoms with E-state index < -0.39 is 23.0 Å². The molecular formula is C19H17F2N5O3S. The van der Waals surface area contributed by atoms with Crippen LogP contribution in [0.3, 0.4) is 0 Å². The van der Waals surface area contributed by atoms with Crippen molar-refractivity contribution in [1.29, 1.82) is 0 Å². The van der Waals surface area contributed by atoms with Gasteiger partial charge in [-0.2, -0.15) is 0 Å². The number of anilines is 2. The van der Waals surface area contributed by atoms with Crippen LogP contribution in [0.4, 0.5) is 19.7 Å². The summed E-state index contributed by atoms with van der Waals surface area (Å²) in [5.41, 5.74) is 5.17. The standard InChI is InChI=1S/C19H17F2N5O3S/c20-11-2-1-3-12(21)14(11)15(27)16-17(22)25-19(30-16)24-10-5-8-26(9-6-10)18(28)13-4-7-23-29-13/h1-4,7,10H,5-6,8-9,22H2,(H,24,25). The number of carbonyl (C=O) groups is 2. The maximum atomic E-state index is 13.9. The fourth-order valence-corrected chi connectivity index (χ4v) is 4.18. The lowest BCUT2D eigenvalue weighted by atomic mass is 10.1. The molecule has 3 aromatic rings. The third-order valence-corrected chi connectivity index (χ3v) is 5.81. The maximum Gasteiger partial charge on any atom is 0.292 e. The molecule has 1 fully saturated rings. The quantitative estimate of drug-likeness (QED) is 0.595. The lowest BCUT2D eigenvalue weighted by Crippen LogP contribution is -2.42. The van der Waals surface area contributed by atoms with Gasteiger partial charge in [-0.15, -0.1) is 0 Å². The van der Waals surface area contributed by atoms with Gasteiger partial charge in [0.2, 0.25) is 11.5 Å². The summed E-state index contributed by atoms with van der Waals surface area (Å²) in [6.07, 6.45) is 2.70. The molecule has 1 aromatic carbocycles. The Morgan fingerprint density at radius 2 is 1.90 bits per heavy atom. The predicted octanol–water partition coefficient (Wildman–Crippen LogP) is 2.94. The fourth-order valence-electron chi connectivity index (χ4n) is 3.27. The number of thiazole rings is 1. The molecule has 8 nitrogen and oxygen atoms in total. The number of nitrogens with zero attached hydrogens (tertiary/aromatic N) is 3. The molecule has 1 saturated heterocycles. The average Bonchev–Trinajstić information content (AvgIpc) is 3.38. The van der Waals surface area contributed by atoms with Crippen molar-refractivity contribution in [2.75, 3.05) is 24.1 Å². The average molecular weight is 433 g/mol. The summed E-state index contributed by atoms with van der Waals surface area (Å²) in [5.74, 6) is -2.87. The zero-order valence-corrected chi connectivity index (χ0v) is 16.4. The number of amides is 1. The summed E-state index contributed by atoms with van der Waals surface area (Å²) in [5, 5.41) is 7.11. The summed E-state index contributed by atoms with van der Waals surface area (Å²) in [6.45, 7) is 1.01. The van der Waals surface area contributed by atoms with Crippen molar-refractivity contribution in [2.24, 2.45) is 0 Å². The minimum atomic E-state index is -0.953. The molecule has 1 aliphatic heterocycles. The normalized spacial score (nSPS) is 14.7. The first-order valence-corrected chi connectivity index (χ1v) is 9.97. The Kier molecular flexibility index (Phi) is 5.44. The van der Waals surface area contributed by atoms with Crippen LogP contribution in [-0.2, 0) is 0 Å². The van der Waals surface area contributed by atoms with Crippen molar-refractivity contribution in [3.05, 3.63) is 58.3 Å². The number of hydrogen-bond acceptors (Lipinski definition) is 8. The second-order valence-electron chi connectivity index (χ2n) is 6.75. The van der Waals surface area contributed by atoms with Crippen LogP contribution < -0.4 is 11.1 Å². The van der Waals surface area contributed by atoms with E-state index in [0.717, 1.165) is 23.5 Å². The molecule has 3 N–H and O–H groups in total. The first-order chi connectivity index (χ1) is 14.4. The Morgan fingerprint density at radius 3 is 2.53 bits per heavy atom. The number of nitrogens with one attached hydrogen (secondary N) is 1. The van der Waals surface area contributed by atoms with Crippen molar-refractivity contribution in [3.63, 3.8) is 0 Å². The molecule has 0 bridgehead atoms. The highest BCUT2D eigenvalue weighted by Crippen LogP contribution is 2.30. The Morgan fingerprint density at radius 1 is 1.20 bits per heavy atom. The van der Waals surface area contributed by atoms with Crippen LogP contribution in [0, 0.1) is 11.6 Å². The van der Waals surface area contributed by atoms with Crippen molar-refractivity contribution in [1.82, 2.24) is 15.0 Å². The van der Waals surface area contributed by atoms with Gasteiger partial charge in [0, 0.05) is 25.2 Å². The van der Waals surface area contributed by atoms with Crippen LogP contribution in [-0.4, -0.2) is 45.9 Å². The predicted molar refractivity (Wildman–Crippen MR) is 105 cm³/mol. The molecule has 11 heteroatoms. The van der Waals surface area contributed by atoms with Gasteiger partial charge < -0.3 is 20.5 Å². The molecular weight excluding hydrogens is 416 g/mol. The van der Waals surface area contributed by atoms with Gasteiger partial charge in [-0.05, 0) is 25.0 Å². The summed E-state index contributed by atoms with van der Waals surface area (Å²) >= 11 is 0.945. The van der Waals surface area contributed by atoms with E-state index >= 15 is 0 Å². The van der Waals surface area contributed by atoms with Gasteiger partial charge in [0.25, 0.3) is 5.91 Å². The van der Waals surface area contributed by atoms with Gasteiger partial charge in [0.05, 0.1) is 11.8 Å². The Balaban J connectivity index is 1.41. The fraction of sp³-hybridized carbons (Fsp3) is 0.263. The molecule has 1 amide bonds. The van der Waals surface area contributed by atoms with E-state index in [2.05, 4.69) is 15.5 Å². The number of benzene rings is 1. The topological polar surface area (TPSA) is 114 Å².